The second-order valence-electron chi connectivity index (χ2n) is 8.20. The van der Waals surface area contributed by atoms with Crippen LogP contribution in [0.5, 0.6) is 0 Å². The second-order valence-corrected chi connectivity index (χ2v) is 8.20. The molecule has 6 nitrogen and oxygen atoms in total. The van der Waals surface area contributed by atoms with Gasteiger partial charge in [-0.05, 0) is 76.4 Å². The van der Waals surface area contributed by atoms with Crippen LogP contribution in [0.25, 0.3) is 16.7 Å². The molecule has 4 rings (SSSR count). The predicted octanol–water partition coefficient (Wildman–Crippen LogP) is 4.54. The van der Waals surface area contributed by atoms with Crippen molar-refractivity contribution >= 4 is 22.9 Å². The maximum atomic E-state index is 13.4. The number of amides is 1. The van der Waals surface area contributed by atoms with Crippen LogP contribution in [0, 0.1) is 5.82 Å². The first-order valence-electron chi connectivity index (χ1n) is 10.9. The summed E-state index contributed by atoms with van der Waals surface area (Å²) < 4.78 is 22.2. The largest absolute Gasteiger partial charge is 0.461 e. The summed E-state index contributed by atoms with van der Waals surface area (Å²) in [6.07, 6.45) is 4.96. The number of aromatic nitrogens is 2. The van der Waals surface area contributed by atoms with Crippen molar-refractivity contribution < 1.29 is 18.7 Å². The average molecular weight is 426 g/mol. The number of carbonyl (C=O) groups excluding carboxylic acids is 2. The summed E-state index contributed by atoms with van der Waals surface area (Å²) in [5, 5.41) is 0. The van der Waals surface area contributed by atoms with Gasteiger partial charge in [0.15, 0.2) is 0 Å². The van der Waals surface area contributed by atoms with E-state index in [4.69, 9.17) is 4.74 Å². The molecule has 3 heterocycles. The Bertz CT molecular complexity index is 1090. The Labute approximate surface area is 181 Å². The lowest BCUT2D eigenvalue weighted by Gasteiger charge is -2.39. The molecule has 1 aliphatic heterocycles. The SMILES string of the molecule is CCOC(=O)c1cc2c(ccn2-c2ccc(F)cc2)n1CC(=O)N1[C@@H](C)CCC[C@@H]1C. The van der Waals surface area contributed by atoms with Crippen LogP contribution in [0.3, 0.4) is 0 Å². The van der Waals surface area contributed by atoms with E-state index >= 15 is 0 Å². The van der Waals surface area contributed by atoms with Crippen LogP contribution in [0.15, 0.2) is 42.6 Å². The number of ether oxygens (including phenoxy) is 1. The van der Waals surface area contributed by atoms with Crippen molar-refractivity contribution in [3.05, 3.63) is 54.1 Å². The van der Waals surface area contributed by atoms with Crippen LogP contribution in [0.2, 0.25) is 0 Å². The standard InChI is InChI=1S/C24H28FN3O3/c1-4-31-24(30)22-14-21-20(12-13-26(21)19-10-8-18(25)9-11-19)27(22)15-23(29)28-16(2)6-5-7-17(28)3/h8-14,16-17H,4-7,15H2,1-3H3/t16-,17-/m0/s1. The van der Waals surface area contributed by atoms with E-state index in [0.717, 1.165) is 36.0 Å². The van der Waals surface area contributed by atoms with Crippen LogP contribution in [-0.4, -0.2) is 44.6 Å². The zero-order valence-corrected chi connectivity index (χ0v) is 18.2. The molecular formula is C24H28FN3O3. The number of hydrogen-bond donors (Lipinski definition) is 0. The topological polar surface area (TPSA) is 56.5 Å². The van der Waals surface area contributed by atoms with E-state index in [9.17, 15) is 14.0 Å². The van der Waals surface area contributed by atoms with Gasteiger partial charge in [-0.3, -0.25) is 4.79 Å². The molecule has 31 heavy (non-hydrogen) atoms. The molecule has 0 saturated carbocycles. The Hall–Kier alpha value is -3.09. The van der Waals surface area contributed by atoms with E-state index in [1.54, 1.807) is 29.7 Å². The molecule has 0 spiro atoms. The lowest BCUT2D eigenvalue weighted by atomic mass is 9.97. The molecule has 0 unspecified atom stereocenters. The quantitative estimate of drug-likeness (QED) is 0.564. The molecule has 0 bridgehead atoms. The van der Waals surface area contributed by atoms with Crippen molar-refractivity contribution in [2.24, 2.45) is 0 Å². The van der Waals surface area contributed by atoms with E-state index in [1.165, 1.54) is 12.1 Å². The summed E-state index contributed by atoms with van der Waals surface area (Å²) in [7, 11) is 0. The van der Waals surface area contributed by atoms with Crippen molar-refractivity contribution in [1.82, 2.24) is 14.0 Å². The number of fused-ring (bicyclic) bond motifs is 1. The molecule has 0 N–H and O–H groups in total. The number of esters is 1. The Morgan fingerprint density at radius 3 is 2.39 bits per heavy atom. The molecular weight excluding hydrogens is 397 g/mol. The van der Waals surface area contributed by atoms with Gasteiger partial charge in [0.2, 0.25) is 5.91 Å². The summed E-state index contributed by atoms with van der Waals surface area (Å²) in [4.78, 5) is 27.9. The van der Waals surface area contributed by atoms with Gasteiger partial charge in [-0.25, -0.2) is 9.18 Å². The van der Waals surface area contributed by atoms with Crippen molar-refractivity contribution in [2.45, 2.75) is 58.7 Å². The first-order chi connectivity index (χ1) is 14.9. The second kappa shape index (κ2) is 8.57. The number of halogens is 1. The van der Waals surface area contributed by atoms with E-state index in [0.29, 0.717) is 5.69 Å². The molecule has 164 valence electrons. The van der Waals surface area contributed by atoms with Gasteiger partial charge < -0.3 is 18.8 Å². The Kier molecular flexibility index (Phi) is 5.85. The summed E-state index contributed by atoms with van der Waals surface area (Å²) in [6.45, 7) is 6.23. The number of nitrogens with zero attached hydrogens (tertiary/aromatic N) is 3. The third kappa shape index (κ3) is 3.96. The molecule has 2 aromatic heterocycles. The lowest BCUT2D eigenvalue weighted by molar-refractivity contribution is -0.137. The zero-order chi connectivity index (χ0) is 22.1. The number of piperidine rings is 1. The molecule has 3 aromatic rings. The molecule has 1 aliphatic rings. The van der Waals surface area contributed by atoms with Crippen molar-refractivity contribution in [3.63, 3.8) is 0 Å². The van der Waals surface area contributed by atoms with E-state index in [1.807, 2.05) is 21.7 Å². The minimum Gasteiger partial charge on any atom is -0.461 e. The van der Waals surface area contributed by atoms with E-state index in [-0.39, 0.29) is 37.0 Å². The van der Waals surface area contributed by atoms with E-state index < -0.39 is 5.97 Å². The van der Waals surface area contributed by atoms with Gasteiger partial charge in [0, 0.05) is 24.0 Å². The third-order valence-corrected chi connectivity index (χ3v) is 6.12. The number of carbonyl (C=O) groups is 2. The highest BCUT2D eigenvalue weighted by molar-refractivity contribution is 5.96. The van der Waals surface area contributed by atoms with Crippen LogP contribution in [-0.2, 0) is 16.1 Å². The minimum absolute atomic E-state index is 0.00252. The highest BCUT2D eigenvalue weighted by atomic mass is 19.1. The number of benzene rings is 1. The van der Waals surface area contributed by atoms with Crippen LogP contribution in [0.4, 0.5) is 4.39 Å². The summed E-state index contributed by atoms with van der Waals surface area (Å²) >= 11 is 0. The van der Waals surface area contributed by atoms with Gasteiger partial charge >= 0.3 is 5.97 Å². The molecule has 2 atom stereocenters. The lowest BCUT2D eigenvalue weighted by Crippen LogP contribution is -2.48. The van der Waals surface area contributed by atoms with Crippen LogP contribution in [0.1, 0.15) is 50.5 Å². The molecule has 1 amide bonds. The Morgan fingerprint density at radius 2 is 1.74 bits per heavy atom. The van der Waals surface area contributed by atoms with Gasteiger partial charge in [-0.2, -0.15) is 0 Å². The molecule has 1 saturated heterocycles. The van der Waals surface area contributed by atoms with Gasteiger partial charge in [-0.15, -0.1) is 0 Å². The summed E-state index contributed by atoms with van der Waals surface area (Å²) in [5.74, 6) is -0.776. The predicted molar refractivity (Wildman–Crippen MR) is 117 cm³/mol. The van der Waals surface area contributed by atoms with Gasteiger partial charge in [0.05, 0.1) is 17.6 Å². The van der Waals surface area contributed by atoms with Gasteiger partial charge in [0.1, 0.15) is 18.1 Å². The average Bonchev–Trinajstić information content (AvgIpc) is 3.29. The fourth-order valence-electron chi connectivity index (χ4n) is 4.64. The highest BCUT2D eigenvalue weighted by Gasteiger charge is 2.30. The molecule has 7 heteroatoms. The normalized spacial score (nSPS) is 19.0. The van der Waals surface area contributed by atoms with Crippen molar-refractivity contribution in [2.75, 3.05) is 6.61 Å². The first-order valence-corrected chi connectivity index (χ1v) is 10.9. The Balaban J connectivity index is 1.75. The minimum atomic E-state index is -0.461. The van der Waals surface area contributed by atoms with Crippen molar-refractivity contribution in [1.29, 1.82) is 0 Å². The number of rotatable bonds is 5. The number of hydrogen-bond acceptors (Lipinski definition) is 3. The summed E-state index contributed by atoms with van der Waals surface area (Å²) in [5.41, 5.74) is 2.64. The van der Waals surface area contributed by atoms with Gasteiger partial charge in [0.25, 0.3) is 0 Å². The number of likely N-dealkylation sites (tertiary alicyclic amines) is 1. The molecule has 1 fully saturated rings. The van der Waals surface area contributed by atoms with Crippen LogP contribution >= 0.6 is 0 Å². The van der Waals surface area contributed by atoms with E-state index in [2.05, 4.69) is 13.8 Å². The monoisotopic (exact) mass is 425 g/mol. The smallest absolute Gasteiger partial charge is 0.355 e. The Morgan fingerprint density at radius 1 is 1.06 bits per heavy atom. The van der Waals surface area contributed by atoms with Crippen LogP contribution < -0.4 is 0 Å². The molecule has 0 radical (unpaired) electrons. The zero-order valence-electron chi connectivity index (χ0n) is 18.2. The summed E-state index contributed by atoms with van der Waals surface area (Å²) in [6, 6.07) is 10.1. The third-order valence-electron chi connectivity index (χ3n) is 6.12. The van der Waals surface area contributed by atoms with Gasteiger partial charge in [-0.1, -0.05) is 0 Å². The first kappa shape index (κ1) is 21.2. The molecule has 0 aliphatic carbocycles. The fourth-order valence-corrected chi connectivity index (χ4v) is 4.64. The maximum absolute atomic E-state index is 13.4. The fraction of sp³-hybridized carbons (Fsp3) is 0.417. The van der Waals surface area contributed by atoms with Crippen molar-refractivity contribution in [3.8, 4) is 5.69 Å². The highest BCUT2D eigenvalue weighted by Crippen LogP contribution is 2.27. The molecule has 1 aromatic carbocycles. The maximum Gasteiger partial charge on any atom is 0.355 e.